The minimum atomic E-state index is 0.659. The smallest absolute Gasteiger partial charge is 0.191 e. The molecule has 2 N–H and O–H groups in total. The standard InChI is InChI=1S/C14H21Cl2N3O/c1-3-20-7-6-19-14(17-2)18-5-4-11-8-12(15)10-13(16)9-11/h8-10H,3-7H2,1-2H3,(H2,17,18,19). The number of benzene rings is 1. The summed E-state index contributed by atoms with van der Waals surface area (Å²) in [5, 5.41) is 7.72. The van der Waals surface area contributed by atoms with E-state index in [1.165, 1.54) is 0 Å². The zero-order chi connectivity index (χ0) is 14.8. The topological polar surface area (TPSA) is 45.6 Å². The van der Waals surface area contributed by atoms with Gasteiger partial charge in [-0.3, -0.25) is 4.99 Å². The van der Waals surface area contributed by atoms with Crippen LogP contribution in [-0.2, 0) is 11.2 Å². The van der Waals surface area contributed by atoms with E-state index in [1.807, 2.05) is 19.1 Å². The summed E-state index contributed by atoms with van der Waals surface area (Å²) in [7, 11) is 1.74. The second-order valence-corrected chi connectivity index (χ2v) is 5.02. The van der Waals surface area contributed by atoms with Crippen LogP contribution in [0.1, 0.15) is 12.5 Å². The average Bonchev–Trinajstić information content (AvgIpc) is 2.40. The van der Waals surface area contributed by atoms with Gasteiger partial charge in [-0.15, -0.1) is 0 Å². The van der Waals surface area contributed by atoms with Crippen molar-refractivity contribution in [3.05, 3.63) is 33.8 Å². The number of hydrogen-bond acceptors (Lipinski definition) is 2. The molecule has 6 heteroatoms. The lowest BCUT2D eigenvalue weighted by Gasteiger charge is -2.12. The van der Waals surface area contributed by atoms with Crippen molar-refractivity contribution >= 4 is 29.2 Å². The summed E-state index contributed by atoms with van der Waals surface area (Å²) in [5.41, 5.74) is 1.10. The predicted molar refractivity (Wildman–Crippen MR) is 86.0 cm³/mol. The molecule has 0 radical (unpaired) electrons. The van der Waals surface area contributed by atoms with Crippen molar-refractivity contribution in [2.24, 2.45) is 4.99 Å². The molecule has 0 amide bonds. The highest BCUT2D eigenvalue weighted by molar-refractivity contribution is 6.34. The Kier molecular flexibility index (Phi) is 8.42. The van der Waals surface area contributed by atoms with Crippen LogP contribution in [0.3, 0.4) is 0 Å². The first-order chi connectivity index (χ1) is 9.65. The molecule has 0 heterocycles. The maximum atomic E-state index is 5.96. The molecule has 0 bridgehead atoms. The summed E-state index contributed by atoms with van der Waals surface area (Å²) < 4.78 is 5.25. The summed E-state index contributed by atoms with van der Waals surface area (Å²) in [6.45, 7) is 4.86. The Morgan fingerprint density at radius 3 is 2.40 bits per heavy atom. The first-order valence-electron chi connectivity index (χ1n) is 6.63. The SMILES string of the molecule is CCOCCNC(=NC)NCCc1cc(Cl)cc(Cl)c1. The fraction of sp³-hybridized carbons (Fsp3) is 0.500. The highest BCUT2D eigenvalue weighted by Crippen LogP contribution is 2.19. The largest absolute Gasteiger partial charge is 0.380 e. The Hall–Kier alpha value is -0.970. The first-order valence-corrected chi connectivity index (χ1v) is 7.38. The summed E-state index contributed by atoms with van der Waals surface area (Å²) in [4.78, 5) is 4.14. The van der Waals surface area contributed by atoms with Crippen molar-refractivity contribution in [1.29, 1.82) is 0 Å². The van der Waals surface area contributed by atoms with Gasteiger partial charge >= 0.3 is 0 Å². The molecule has 1 aromatic carbocycles. The molecular weight excluding hydrogens is 297 g/mol. The minimum absolute atomic E-state index is 0.659. The maximum Gasteiger partial charge on any atom is 0.191 e. The third-order valence-corrected chi connectivity index (χ3v) is 3.03. The molecule has 0 aliphatic rings. The lowest BCUT2D eigenvalue weighted by atomic mass is 10.1. The predicted octanol–water partition coefficient (Wildman–Crippen LogP) is 2.74. The lowest BCUT2D eigenvalue weighted by molar-refractivity contribution is 0.152. The van der Waals surface area contributed by atoms with E-state index in [9.17, 15) is 0 Å². The Morgan fingerprint density at radius 2 is 1.80 bits per heavy atom. The molecule has 4 nitrogen and oxygen atoms in total. The first kappa shape index (κ1) is 17.1. The highest BCUT2D eigenvalue weighted by Gasteiger charge is 2.00. The molecule has 0 spiro atoms. The second kappa shape index (κ2) is 9.86. The fourth-order valence-electron chi connectivity index (χ4n) is 1.69. The second-order valence-electron chi connectivity index (χ2n) is 4.15. The molecular formula is C14H21Cl2N3O. The molecule has 0 aromatic heterocycles. The van der Waals surface area contributed by atoms with E-state index in [1.54, 1.807) is 13.1 Å². The number of aliphatic imine (C=N–C) groups is 1. The molecule has 0 aliphatic carbocycles. The number of hydrogen-bond donors (Lipinski definition) is 2. The van der Waals surface area contributed by atoms with Crippen molar-refractivity contribution in [2.45, 2.75) is 13.3 Å². The number of guanidine groups is 1. The van der Waals surface area contributed by atoms with E-state index in [0.717, 1.165) is 37.6 Å². The van der Waals surface area contributed by atoms with Crippen LogP contribution < -0.4 is 10.6 Å². The van der Waals surface area contributed by atoms with Crippen LogP contribution in [0.15, 0.2) is 23.2 Å². The van der Waals surface area contributed by atoms with Gasteiger partial charge in [0.1, 0.15) is 0 Å². The summed E-state index contributed by atoms with van der Waals surface area (Å²) in [6, 6.07) is 5.56. The van der Waals surface area contributed by atoms with Crippen molar-refractivity contribution in [3.8, 4) is 0 Å². The van der Waals surface area contributed by atoms with Gasteiger partial charge in [0.15, 0.2) is 5.96 Å². The Bertz CT molecular complexity index is 418. The van der Waals surface area contributed by atoms with Crippen molar-refractivity contribution in [1.82, 2.24) is 10.6 Å². The van der Waals surface area contributed by atoms with E-state index in [-0.39, 0.29) is 0 Å². The third-order valence-electron chi connectivity index (χ3n) is 2.60. The molecule has 1 aromatic rings. The van der Waals surface area contributed by atoms with Gasteiger partial charge in [0, 0.05) is 36.8 Å². The fourth-order valence-corrected chi connectivity index (χ4v) is 2.26. The van der Waals surface area contributed by atoms with Crippen molar-refractivity contribution < 1.29 is 4.74 Å². The number of rotatable bonds is 7. The maximum absolute atomic E-state index is 5.96. The van der Waals surface area contributed by atoms with Crippen LogP contribution >= 0.6 is 23.2 Å². The molecule has 0 unspecified atom stereocenters. The number of ether oxygens (including phenoxy) is 1. The molecule has 0 saturated carbocycles. The van der Waals surface area contributed by atoms with E-state index in [4.69, 9.17) is 27.9 Å². The quantitative estimate of drug-likeness (QED) is 0.462. The van der Waals surface area contributed by atoms with E-state index in [2.05, 4.69) is 15.6 Å². The van der Waals surface area contributed by atoms with E-state index >= 15 is 0 Å². The van der Waals surface area contributed by atoms with Gasteiger partial charge in [0.05, 0.1) is 6.61 Å². The number of halogens is 2. The summed E-state index contributed by atoms with van der Waals surface area (Å²) >= 11 is 11.9. The molecule has 112 valence electrons. The van der Waals surface area contributed by atoms with Gasteiger partial charge in [-0.25, -0.2) is 0 Å². The van der Waals surface area contributed by atoms with Crippen molar-refractivity contribution in [3.63, 3.8) is 0 Å². The Labute approximate surface area is 130 Å². The lowest BCUT2D eigenvalue weighted by Crippen LogP contribution is -2.39. The number of nitrogens with zero attached hydrogens (tertiary/aromatic N) is 1. The van der Waals surface area contributed by atoms with Gasteiger partial charge in [-0.2, -0.15) is 0 Å². The van der Waals surface area contributed by atoms with Crippen molar-refractivity contribution in [2.75, 3.05) is 33.4 Å². The molecule has 0 atom stereocenters. The normalized spacial score (nSPS) is 11.5. The van der Waals surface area contributed by atoms with Gasteiger partial charge in [-0.05, 0) is 37.1 Å². The minimum Gasteiger partial charge on any atom is -0.380 e. The number of nitrogens with one attached hydrogen (secondary N) is 2. The van der Waals surface area contributed by atoms with Crippen LogP contribution in [0.5, 0.6) is 0 Å². The Balaban J connectivity index is 2.30. The van der Waals surface area contributed by atoms with E-state index in [0.29, 0.717) is 16.7 Å². The van der Waals surface area contributed by atoms with E-state index < -0.39 is 0 Å². The molecule has 0 aliphatic heterocycles. The van der Waals surface area contributed by atoms with Gasteiger partial charge in [-0.1, -0.05) is 23.2 Å². The zero-order valence-electron chi connectivity index (χ0n) is 11.9. The summed E-state index contributed by atoms with van der Waals surface area (Å²) in [5.74, 6) is 0.762. The molecule has 1 rings (SSSR count). The van der Waals surface area contributed by atoms with Crippen LogP contribution in [0, 0.1) is 0 Å². The molecule has 0 fully saturated rings. The molecule has 20 heavy (non-hydrogen) atoms. The molecule has 0 saturated heterocycles. The Morgan fingerprint density at radius 1 is 1.15 bits per heavy atom. The van der Waals surface area contributed by atoms with Crippen LogP contribution in [0.25, 0.3) is 0 Å². The third kappa shape index (κ3) is 6.98. The van der Waals surface area contributed by atoms with Crippen LogP contribution in [-0.4, -0.2) is 39.3 Å². The monoisotopic (exact) mass is 317 g/mol. The zero-order valence-corrected chi connectivity index (χ0v) is 13.4. The van der Waals surface area contributed by atoms with Gasteiger partial charge in [0.25, 0.3) is 0 Å². The highest BCUT2D eigenvalue weighted by atomic mass is 35.5. The van der Waals surface area contributed by atoms with Gasteiger partial charge < -0.3 is 15.4 Å². The van der Waals surface area contributed by atoms with Crippen LogP contribution in [0.4, 0.5) is 0 Å². The summed E-state index contributed by atoms with van der Waals surface area (Å²) in [6.07, 6.45) is 0.826. The average molecular weight is 318 g/mol. The van der Waals surface area contributed by atoms with Gasteiger partial charge in [0.2, 0.25) is 0 Å². The van der Waals surface area contributed by atoms with Crippen LogP contribution in [0.2, 0.25) is 10.0 Å².